The fourth-order valence-corrected chi connectivity index (χ4v) is 2.61. The molecular formula is C14H24N4. The number of piperidine rings is 1. The fourth-order valence-electron chi connectivity index (χ4n) is 2.61. The van der Waals surface area contributed by atoms with Gasteiger partial charge < -0.3 is 10.2 Å². The Morgan fingerprint density at radius 3 is 2.67 bits per heavy atom. The van der Waals surface area contributed by atoms with Gasteiger partial charge in [0.15, 0.2) is 0 Å². The quantitative estimate of drug-likeness (QED) is 0.885. The Morgan fingerprint density at radius 1 is 1.33 bits per heavy atom. The molecule has 0 unspecified atom stereocenters. The van der Waals surface area contributed by atoms with Crippen molar-refractivity contribution in [2.45, 2.75) is 33.2 Å². The van der Waals surface area contributed by atoms with Crippen LogP contribution in [0, 0.1) is 11.8 Å². The van der Waals surface area contributed by atoms with Crippen molar-refractivity contribution in [1.29, 1.82) is 0 Å². The molecule has 18 heavy (non-hydrogen) atoms. The molecule has 0 amide bonds. The Kier molecular flexibility index (Phi) is 4.53. The molecule has 2 rings (SSSR count). The molecule has 0 aromatic carbocycles. The number of nitrogens with one attached hydrogen (secondary N) is 1. The van der Waals surface area contributed by atoms with Crippen LogP contribution >= 0.6 is 0 Å². The molecule has 1 saturated heterocycles. The highest BCUT2D eigenvalue weighted by molar-refractivity contribution is 5.36. The van der Waals surface area contributed by atoms with E-state index in [2.05, 4.69) is 34.0 Å². The van der Waals surface area contributed by atoms with Crippen LogP contribution in [0.25, 0.3) is 0 Å². The van der Waals surface area contributed by atoms with Gasteiger partial charge in [-0.15, -0.1) is 0 Å². The number of hydrogen-bond donors (Lipinski definition) is 1. The second-order valence-electron chi connectivity index (χ2n) is 5.47. The van der Waals surface area contributed by atoms with Crippen LogP contribution in [-0.2, 0) is 6.54 Å². The Morgan fingerprint density at radius 2 is 2.06 bits per heavy atom. The van der Waals surface area contributed by atoms with Crippen LogP contribution in [-0.4, -0.2) is 30.1 Å². The molecule has 2 heterocycles. The monoisotopic (exact) mass is 248 g/mol. The Balaban J connectivity index is 1.98. The Bertz CT molecular complexity index is 370. The molecular weight excluding hydrogens is 224 g/mol. The first-order chi connectivity index (χ1) is 8.70. The summed E-state index contributed by atoms with van der Waals surface area (Å²) >= 11 is 0. The minimum atomic E-state index is 0.781. The van der Waals surface area contributed by atoms with E-state index in [1.807, 2.05) is 19.4 Å². The van der Waals surface area contributed by atoms with Crippen molar-refractivity contribution in [3.63, 3.8) is 0 Å². The fraction of sp³-hybridized carbons (Fsp3) is 0.714. The smallest absolute Gasteiger partial charge is 0.147 e. The topological polar surface area (TPSA) is 41.1 Å². The van der Waals surface area contributed by atoms with Crippen molar-refractivity contribution in [3.05, 3.63) is 18.1 Å². The lowest BCUT2D eigenvalue weighted by atomic mass is 9.87. The molecule has 1 N–H and O–H groups in total. The van der Waals surface area contributed by atoms with E-state index in [4.69, 9.17) is 0 Å². The third kappa shape index (κ3) is 3.19. The van der Waals surface area contributed by atoms with E-state index in [9.17, 15) is 0 Å². The van der Waals surface area contributed by atoms with E-state index in [1.54, 1.807) is 0 Å². The van der Waals surface area contributed by atoms with Crippen LogP contribution in [0.15, 0.2) is 12.4 Å². The molecule has 1 aromatic rings. The van der Waals surface area contributed by atoms with Gasteiger partial charge in [-0.3, -0.25) is 4.98 Å². The van der Waals surface area contributed by atoms with Gasteiger partial charge in [0.1, 0.15) is 5.82 Å². The summed E-state index contributed by atoms with van der Waals surface area (Å²) in [5.74, 6) is 2.70. The van der Waals surface area contributed by atoms with Gasteiger partial charge in [0.25, 0.3) is 0 Å². The van der Waals surface area contributed by atoms with Crippen LogP contribution in [0.2, 0.25) is 0 Å². The minimum Gasteiger partial charge on any atom is -0.355 e. The molecule has 0 spiro atoms. The van der Waals surface area contributed by atoms with Crippen LogP contribution in [0.4, 0.5) is 5.82 Å². The highest BCUT2D eigenvalue weighted by Crippen LogP contribution is 2.26. The largest absolute Gasteiger partial charge is 0.355 e. The summed E-state index contributed by atoms with van der Waals surface area (Å²) in [7, 11) is 1.93. The average Bonchev–Trinajstić information content (AvgIpc) is 2.39. The second kappa shape index (κ2) is 6.14. The van der Waals surface area contributed by atoms with E-state index >= 15 is 0 Å². The first-order valence-corrected chi connectivity index (χ1v) is 6.91. The summed E-state index contributed by atoms with van der Waals surface area (Å²) in [6.45, 7) is 7.66. The molecule has 4 heteroatoms. The van der Waals surface area contributed by atoms with E-state index in [0.29, 0.717) is 0 Å². The van der Waals surface area contributed by atoms with Gasteiger partial charge in [-0.2, -0.15) is 0 Å². The molecule has 100 valence electrons. The van der Waals surface area contributed by atoms with Crippen LogP contribution < -0.4 is 10.2 Å². The summed E-state index contributed by atoms with van der Waals surface area (Å²) in [5.41, 5.74) is 1.01. The zero-order chi connectivity index (χ0) is 13.0. The van der Waals surface area contributed by atoms with E-state index in [1.165, 1.54) is 12.8 Å². The van der Waals surface area contributed by atoms with Crippen molar-refractivity contribution in [3.8, 4) is 0 Å². The first kappa shape index (κ1) is 13.3. The van der Waals surface area contributed by atoms with Crippen LogP contribution in [0.1, 0.15) is 32.4 Å². The van der Waals surface area contributed by atoms with Crippen molar-refractivity contribution < 1.29 is 0 Å². The molecule has 4 nitrogen and oxygen atoms in total. The molecule has 0 aliphatic carbocycles. The third-order valence-electron chi connectivity index (χ3n) is 3.84. The molecule has 1 aromatic heterocycles. The second-order valence-corrected chi connectivity index (χ2v) is 5.47. The summed E-state index contributed by atoms with van der Waals surface area (Å²) in [6, 6.07) is 0. The molecule has 0 atom stereocenters. The average molecular weight is 248 g/mol. The maximum Gasteiger partial charge on any atom is 0.147 e. The van der Waals surface area contributed by atoms with Crippen LogP contribution in [0.5, 0.6) is 0 Å². The maximum absolute atomic E-state index is 4.66. The van der Waals surface area contributed by atoms with Gasteiger partial charge in [-0.1, -0.05) is 13.8 Å². The maximum atomic E-state index is 4.66. The summed E-state index contributed by atoms with van der Waals surface area (Å²) in [5, 5.41) is 3.12. The van der Waals surface area contributed by atoms with Gasteiger partial charge in [0.2, 0.25) is 0 Å². The Hall–Kier alpha value is -1.16. The molecule has 0 radical (unpaired) electrons. The number of nitrogens with zero attached hydrogens (tertiary/aromatic N) is 3. The zero-order valence-electron chi connectivity index (χ0n) is 11.7. The van der Waals surface area contributed by atoms with Gasteiger partial charge in [-0.05, 0) is 31.7 Å². The summed E-state index contributed by atoms with van der Waals surface area (Å²) < 4.78 is 0. The lowest BCUT2D eigenvalue weighted by Gasteiger charge is -2.34. The third-order valence-corrected chi connectivity index (χ3v) is 3.84. The Labute approximate surface area is 110 Å². The van der Waals surface area contributed by atoms with Gasteiger partial charge >= 0.3 is 0 Å². The number of anilines is 1. The van der Waals surface area contributed by atoms with E-state index in [-0.39, 0.29) is 0 Å². The molecule has 1 aliphatic heterocycles. The predicted molar refractivity (Wildman–Crippen MR) is 74.6 cm³/mol. The van der Waals surface area contributed by atoms with Gasteiger partial charge in [0, 0.05) is 25.8 Å². The molecule has 0 bridgehead atoms. The predicted octanol–water partition coefficient (Wildman–Crippen LogP) is 2.07. The van der Waals surface area contributed by atoms with Crippen molar-refractivity contribution in [1.82, 2.24) is 15.3 Å². The zero-order valence-corrected chi connectivity index (χ0v) is 11.7. The number of hydrogen-bond acceptors (Lipinski definition) is 4. The van der Waals surface area contributed by atoms with Gasteiger partial charge in [0.05, 0.1) is 11.9 Å². The lowest BCUT2D eigenvalue weighted by molar-refractivity contribution is 0.310. The highest BCUT2D eigenvalue weighted by atomic mass is 15.2. The molecule has 1 fully saturated rings. The molecule has 0 saturated carbocycles. The van der Waals surface area contributed by atoms with Crippen molar-refractivity contribution in [2.24, 2.45) is 11.8 Å². The normalized spacial score (nSPS) is 17.4. The SMILES string of the molecule is CNCc1cncc(N2CCC(C(C)C)CC2)n1. The molecule has 1 aliphatic rings. The highest BCUT2D eigenvalue weighted by Gasteiger charge is 2.22. The van der Waals surface area contributed by atoms with Gasteiger partial charge in [-0.25, -0.2) is 4.98 Å². The van der Waals surface area contributed by atoms with E-state index < -0.39 is 0 Å². The number of aromatic nitrogens is 2. The summed E-state index contributed by atoms with van der Waals surface area (Å²) in [4.78, 5) is 11.3. The van der Waals surface area contributed by atoms with Crippen molar-refractivity contribution >= 4 is 5.82 Å². The van der Waals surface area contributed by atoms with Crippen LogP contribution in [0.3, 0.4) is 0 Å². The van der Waals surface area contributed by atoms with E-state index in [0.717, 1.165) is 43.0 Å². The van der Waals surface area contributed by atoms with Crippen molar-refractivity contribution in [2.75, 3.05) is 25.0 Å². The number of rotatable bonds is 4. The first-order valence-electron chi connectivity index (χ1n) is 6.91. The summed E-state index contributed by atoms with van der Waals surface area (Å²) in [6.07, 6.45) is 6.26. The lowest BCUT2D eigenvalue weighted by Crippen LogP contribution is -2.36. The minimum absolute atomic E-state index is 0.781. The standard InChI is InChI=1S/C14H24N4/c1-11(2)12-4-6-18(7-5-12)14-10-16-9-13(17-14)8-15-3/h9-12,15H,4-8H2,1-3H3.